The zero-order chi connectivity index (χ0) is 23.9. The predicted molar refractivity (Wildman–Crippen MR) is 136 cm³/mol. The number of nitrogens with one attached hydrogen (secondary N) is 4. The maximum absolute atomic E-state index is 12.7. The molecule has 0 aliphatic heterocycles. The number of fused-ring (bicyclic) bond motifs is 3. The van der Waals surface area contributed by atoms with Gasteiger partial charge in [0, 0.05) is 34.8 Å². The van der Waals surface area contributed by atoms with Gasteiger partial charge in [0.15, 0.2) is 11.5 Å². The Morgan fingerprint density at radius 3 is 2.54 bits per heavy atom. The first kappa shape index (κ1) is 20.8. The van der Waals surface area contributed by atoms with Crippen molar-refractivity contribution in [3.05, 3.63) is 76.8 Å². The fourth-order valence-corrected chi connectivity index (χ4v) is 4.24. The van der Waals surface area contributed by atoms with Gasteiger partial charge in [-0.25, -0.2) is 9.97 Å². The molecule has 0 saturated carbocycles. The molecule has 3 aromatic carbocycles. The molecule has 0 saturated heterocycles. The van der Waals surface area contributed by atoms with Crippen molar-refractivity contribution >= 4 is 38.7 Å². The smallest absolute Gasteiger partial charge is 0.253 e. The highest BCUT2D eigenvalue weighted by Gasteiger charge is 2.11. The molecule has 6 rings (SSSR count). The molecule has 0 aliphatic rings. The van der Waals surface area contributed by atoms with Gasteiger partial charge in [-0.3, -0.25) is 4.79 Å². The molecule has 0 unspecified atom stereocenters. The van der Waals surface area contributed by atoms with Crippen LogP contribution >= 0.6 is 0 Å². The van der Waals surface area contributed by atoms with Crippen LogP contribution in [0.4, 0.5) is 5.69 Å². The number of ether oxygens (including phenoxy) is 2. The standard InChI is InChI=1S/C26H22N6O3/c1-34-23-9-15-7-16(26(33)32-20(15)11-24(23)35-2)12-27-17-4-6-19-22(10-17)31-25(30-19)14-3-5-18-21(8-14)29-13-28-18/h3-11,13,27H,12H2,1-2H3,(H,28,29)(H,30,31)(H,32,33). The van der Waals surface area contributed by atoms with Crippen LogP contribution in [0.2, 0.25) is 0 Å². The molecular weight excluding hydrogens is 444 g/mol. The first-order valence-corrected chi connectivity index (χ1v) is 11.1. The largest absolute Gasteiger partial charge is 0.493 e. The number of nitrogens with zero attached hydrogens (tertiary/aromatic N) is 2. The van der Waals surface area contributed by atoms with Crippen LogP contribution < -0.4 is 20.3 Å². The van der Waals surface area contributed by atoms with Crippen LogP contribution in [-0.2, 0) is 6.54 Å². The van der Waals surface area contributed by atoms with Gasteiger partial charge in [0.05, 0.1) is 48.1 Å². The van der Waals surface area contributed by atoms with E-state index in [0.29, 0.717) is 29.1 Å². The van der Waals surface area contributed by atoms with Crippen LogP contribution in [-0.4, -0.2) is 39.1 Å². The molecule has 3 aromatic heterocycles. The molecular formula is C26H22N6O3. The Labute approximate surface area is 199 Å². The van der Waals surface area contributed by atoms with E-state index < -0.39 is 0 Å². The van der Waals surface area contributed by atoms with Crippen molar-refractivity contribution in [3.63, 3.8) is 0 Å². The average Bonchev–Trinajstić information content (AvgIpc) is 3.52. The Kier molecular flexibility index (Phi) is 4.88. The predicted octanol–water partition coefficient (Wildman–Crippen LogP) is 4.58. The fraction of sp³-hybridized carbons (Fsp3) is 0.115. The van der Waals surface area contributed by atoms with Crippen LogP contribution in [0.25, 0.3) is 44.4 Å². The molecule has 174 valence electrons. The average molecular weight is 467 g/mol. The van der Waals surface area contributed by atoms with Gasteiger partial charge in [-0.2, -0.15) is 0 Å². The molecule has 35 heavy (non-hydrogen) atoms. The first-order chi connectivity index (χ1) is 17.1. The number of aromatic amines is 3. The summed E-state index contributed by atoms with van der Waals surface area (Å²) in [5.41, 5.74) is 6.60. The van der Waals surface area contributed by atoms with Crippen LogP contribution in [0.15, 0.2) is 65.7 Å². The highest BCUT2D eigenvalue weighted by Crippen LogP contribution is 2.31. The van der Waals surface area contributed by atoms with Crippen LogP contribution in [0.3, 0.4) is 0 Å². The third-order valence-corrected chi connectivity index (χ3v) is 6.09. The van der Waals surface area contributed by atoms with Crippen molar-refractivity contribution in [2.24, 2.45) is 0 Å². The summed E-state index contributed by atoms with van der Waals surface area (Å²) in [4.78, 5) is 31.1. The van der Waals surface area contributed by atoms with E-state index in [-0.39, 0.29) is 5.56 Å². The van der Waals surface area contributed by atoms with Crippen LogP contribution in [0, 0.1) is 0 Å². The fourth-order valence-electron chi connectivity index (χ4n) is 4.24. The second-order valence-electron chi connectivity index (χ2n) is 8.22. The Morgan fingerprint density at radius 2 is 1.69 bits per heavy atom. The van der Waals surface area contributed by atoms with E-state index in [0.717, 1.165) is 44.5 Å². The molecule has 0 radical (unpaired) electrons. The van der Waals surface area contributed by atoms with Gasteiger partial charge in [-0.05, 0) is 48.5 Å². The molecule has 0 amide bonds. The van der Waals surface area contributed by atoms with Gasteiger partial charge < -0.3 is 29.7 Å². The summed E-state index contributed by atoms with van der Waals surface area (Å²) in [5.74, 6) is 1.95. The minimum absolute atomic E-state index is 0.158. The number of hydrogen-bond donors (Lipinski definition) is 4. The van der Waals surface area contributed by atoms with Crippen molar-refractivity contribution < 1.29 is 9.47 Å². The molecule has 6 aromatic rings. The van der Waals surface area contributed by atoms with E-state index in [1.54, 1.807) is 26.6 Å². The van der Waals surface area contributed by atoms with E-state index in [2.05, 4.69) is 25.3 Å². The number of rotatable bonds is 6. The number of hydrogen-bond acceptors (Lipinski definition) is 6. The SMILES string of the molecule is COc1cc2cc(CNc3ccc4[nH]c(-c5ccc6[nH]cnc6c5)nc4c3)c(=O)[nH]c2cc1OC. The molecule has 0 fully saturated rings. The van der Waals surface area contributed by atoms with Gasteiger partial charge in [0.25, 0.3) is 5.56 Å². The molecule has 0 aliphatic carbocycles. The van der Waals surface area contributed by atoms with Crippen molar-refractivity contribution in [1.82, 2.24) is 24.9 Å². The summed E-state index contributed by atoms with van der Waals surface area (Å²) in [6, 6.07) is 17.4. The number of benzene rings is 3. The number of methoxy groups -OCH3 is 2. The Hall–Kier alpha value is -4.79. The maximum atomic E-state index is 12.7. The summed E-state index contributed by atoms with van der Waals surface area (Å²) in [5, 5.41) is 4.20. The van der Waals surface area contributed by atoms with Gasteiger partial charge in [0.1, 0.15) is 5.82 Å². The molecule has 4 N–H and O–H groups in total. The summed E-state index contributed by atoms with van der Waals surface area (Å²) in [7, 11) is 3.15. The highest BCUT2D eigenvalue weighted by atomic mass is 16.5. The van der Waals surface area contributed by atoms with E-state index in [1.807, 2.05) is 48.5 Å². The summed E-state index contributed by atoms with van der Waals surface area (Å²) in [6.45, 7) is 0.359. The van der Waals surface area contributed by atoms with Crippen molar-refractivity contribution in [2.75, 3.05) is 19.5 Å². The van der Waals surface area contributed by atoms with Crippen molar-refractivity contribution in [3.8, 4) is 22.9 Å². The number of aromatic nitrogens is 5. The lowest BCUT2D eigenvalue weighted by Crippen LogP contribution is -2.15. The minimum atomic E-state index is -0.158. The Bertz CT molecular complexity index is 1760. The van der Waals surface area contributed by atoms with Gasteiger partial charge in [-0.15, -0.1) is 0 Å². The number of imidazole rings is 2. The summed E-state index contributed by atoms with van der Waals surface area (Å²) < 4.78 is 10.7. The topological polar surface area (TPSA) is 121 Å². The zero-order valence-corrected chi connectivity index (χ0v) is 19.1. The van der Waals surface area contributed by atoms with Gasteiger partial charge >= 0.3 is 0 Å². The Balaban J connectivity index is 1.26. The highest BCUT2D eigenvalue weighted by molar-refractivity contribution is 5.86. The minimum Gasteiger partial charge on any atom is -0.493 e. The number of anilines is 1. The zero-order valence-electron chi connectivity index (χ0n) is 19.1. The quantitative estimate of drug-likeness (QED) is 0.285. The van der Waals surface area contributed by atoms with Gasteiger partial charge in [0.2, 0.25) is 0 Å². The number of H-pyrrole nitrogens is 3. The molecule has 9 nitrogen and oxygen atoms in total. The lowest BCUT2D eigenvalue weighted by atomic mass is 10.1. The molecule has 9 heteroatoms. The van der Waals surface area contributed by atoms with E-state index in [1.165, 1.54) is 0 Å². The number of pyridine rings is 1. The maximum Gasteiger partial charge on any atom is 0.253 e. The lowest BCUT2D eigenvalue weighted by molar-refractivity contribution is 0.356. The summed E-state index contributed by atoms with van der Waals surface area (Å²) in [6.07, 6.45) is 1.68. The third kappa shape index (κ3) is 3.72. The van der Waals surface area contributed by atoms with E-state index in [9.17, 15) is 4.79 Å². The van der Waals surface area contributed by atoms with Gasteiger partial charge in [-0.1, -0.05) is 0 Å². The van der Waals surface area contributed by atoms with Crippen LogP contribution in [0.1, 0.15) is 5.56 Å². The van der Waals surface area contributed by atoms with Crippen molar-refractivity contribution in [1.29, 1.82) is 0 Å². The van der Waals surface area contributed by atoms with Crippen molar-refractivity contribution in [2.45, 2.75) is 6.54 Å². The monoisotopic (exact) mass is 466 g/mol. The third-order valence-electron chi connectivity index (χ3n) is 6.09. The van der Waals surface area contributed by atoms with E-state index >= 15 is 0 Å². The lowest BCUT2D eigenvalue weighted by Gasteiger charge is -2.11. The Morgan fingerprint density at radius 1 is 0.857 bits per heavy atom. The molecule has 0 atom stereocenters. The van der Waals surface area contributed by atoms with E-state index in [4.69, 9.17) is 14.5 Å². The molecule has 3 heterocycles. The summed E-state index contributed by atoms with van der Waals surface area (Å²) >= 11 is 0. The van der Waals surface area contributed by atoms with Crippen LogP contribution in [0.5, 0.6) is 11.5 Å². The molecule has 0 bridgehead atoms. The normalized spacial score (nSPS) is 11.4. The molecule has 0 spiro atoms. The second kappa shape index (κ2) is 8.21. The first-order valence-electron chi connectivity index (χ1n) is 11.1. The second-order valence-corrected chi connectivity index (χ2v) is 8.22.